The van der Waals surface area contributed by atoms with Crippen LogP contribution < -0.4 is 5.32 Å². The molecule has 1 amide bonds. The molecule has 1 atom stereocenters. The summed E-state index contributed by atoms with van der Waals surface area (Å²) in [6, 6.07) is 0. The van der Waals surface area contributed by atoms with E-state index in [-0.39, 0.29) is 22.7 Å². The molecular weight excluding hydrogens is 150 g/mol. The van der Waals surface area contributed by atoms with E-state index in [1.54, 1.807) is 0 Å². The molecule has 1 aliphatic heterocycles. The zero-order chi connectivity index (χ0) is 9.57. The maximum Gasteiger partial charge on any atom is 0.223 e. The zero-order valence-corrected chi connectivity index (χ0v) is 8.69. The lowest BCUT2D eigenvalue weighted by Crippen LogP contribution is -2.56. The molecule has 0 bridgehead atoms. The van der Waals surface area contributed by atoms with Crippen LogP contribution >= 0.6 is 0 Å². The predicted molar refractivity (Wildman–Crippen MR) is 49.7 cm³/mol. The molecule has 1 saturated heterocycles. The molecule has 1 fully saturated rings. The third kappa shape index (κ3) is 1.13. The van der Waals surface area contributed by atoms with Crippen LogP contribution in [-0.4, -0.2) is 12.5 Å². The minimum Gasteiger partial charge on any atom is -0.355 e. The lowest BCUT2D eigenvalue weighted by atomic mass is 9.59. The Hall–Kier alpha value is -0.530. The van der Waals surface area contributed by atoms with E-state index in [0.29, 0.717) is 0 Å². The fourth-order valence-corrected chi connectivity index (χ4v) is 1.60. The Bertz CT molecular complexity index is 206. The van der Waals surface area contributed by atoms with Gasteiger partial charge in [-0.2, -0.15) is 0 Å². The minimum absolute atomic E-state index is 0.0926. The van der Waals surface area contributed by atoms with E-state index in [1.165, 1.54) is 0 Å². The number of piperidine rings is 1. The van der Waals surface area contributed by atoms with Crippen molar-refractivity contribution >= 4 is 5.91 Å². The summed E-state index contributed by atoms with van der Waals surface area (Å²) in [7, 11) is 0. The molecular formula is C10H19NO. The molecule has 1 aliphatic rings. The van der Waals surface area contributed by atoms with Crippen LogP contribution in [0.1, 0.15) is 34.6 Å². The highest BCUT2D eigenvalue weighted by molar-refractivity contribution is 5.80. The van der Waals surface area contributed by atoms with Gasteiger partial charge >= 0.3 is 0 Å². The number of hydrogen-bond donors (Lipinski definition) is 1. The summed E-state index contributed by atoms with van der Waals surface area (Å²) in [5, 5.41) is 2.94. The fourth-order valence-electron chi connectivity index (χ4n) is 1.60. The molecule has 2 heteroatoms. The lowest BCUT2D eigenvalue weighted by Gasteiger charge is -2.49. The summed E-state index contributed by atoms with van der Waals surface area (Å²) in [6.45, 7) is 11.6. The van der Waals surface area contributed by atoms with Gasteiger partial charge in [0.15, 0.2) is 0 Å². The van der Waals surface area contributed by atoms with Gasteiger partial charge in [0.2, 0.25) is 5.91 Å². The van der Waals surface area contributed by atoms with Gasteiger partial charge in [0.05, 0.1) is 0 Å². The molecule has 0 aromatic rings. The van der Waals surface area contributed by atoms with Crippen LogP contribution in [0, 0.1) is 16.7 Å². The molecule has 0 aromatic heterocycles. The average Bonchev–Trinajstić information content (AvgIpc) is 1.96. The second-order valence-electron chi connectivity index (χ2n) is 5.05. The van der Waals surface area contributed by atoms with Crippen molar-refractivity contribution in [3.05, 3.63) is 0 Å². The average molecular weight is 169 g/mol. The summed E-state index contributed by atoms with van der Waals surface area (Å²) in [6.07, 6.45) is 0. The highest BCUT2D eigenvalue weighted by Gasteiger charge is 2.47. The second kappa shape index (κ2) is 2.48. The Morgan fingerprint density at radius 3 is 2.25 bits per heavy atom. The van der Waals surface area contributed by atoms with E-state index < -0.39 is 0 Å². The summed E-state index contributed by atoms with van der Waals surface area (Å²) in [5.74, 6) is 0.306. The van der Waals surface area contributed by atoms with Gasteiger partial charge in [0.25, 0.3) is 0 Å². The van der Waals surface area contributed by atoms with Crippen molar-refractivity contribution < 1.29 is 4.79 Å². The molecule has 0 saturated carbocycles. The molecule has 0 aliphatic carbocycles. The first kappa shape index (κ1) is 9.56. The van der Waals surface area contributed by atoms with Crippen molar-refractivity contribution in [3.63, 3.8) is 0 Å². The minimum atomic E-state index is 0.0926. The fraction of sp³-hybridized carbons (Fsp3) is 0.900. The zero-order valence-electron chi connectivity index (χ0n) is 8.69. The van der Waals surface area contributed by atoms with Gasteiger partial charge in [-0.25, -0.2) is 0 Å². The maximum absolute atomic E-state index is 11.4. The summed E-state index contributed by atoms with van der Waals surface area (Å²) < 4.78 is 0. The molecule has 70 valence electrons. The Labute approximate surface area is 74.7 Å². The third-order valence-electron chi connectivity index (χ3n) is 3.92. The van der Waals surface area contributed by atoms with Crippen LogP contribution in [-0.2, 0) is 4.79 Å². The topological polar surface area (TPSA) is 29.1 Å². The van der Waals surface area contributed by atoms with Gasteiger partial charge < -0.3 is 5.32 Å². The Kier molecular flexibility index (Phi) is 1.97. The number of rotatable bonds is 0. The standard InChI is InChI=1S/C10H19NO/c1-7-8(12)11-6-9(2,3)10(7,4)5/h7H,6H2,1-5H3,(H,11,12). The molecule has 1 rings (SSSR count). The molecule has 12 heavy (non-hydrogen) atoms. The highest BCUT2D eigenvalue weighted by Crippen LogP contribution is 2.46. The first-order valence-corrected chi connectivity index (χ1v) is 4.57. The Morgan fingerprint density at radius 2 is 1.83 bits per heavy atom. The number of carbonyl (C=O) groups is 1. The van der Waals surface area contributed by atoms with Crippen molar-refractivity contribution in [3.8, 4) is 0 Å². The summed E-state index contributed by atoms with van der Waals surface area (Å²) in [5.41, 5.74) is 0.287. The Morgan fingerprint density at radius 1 is 1.33 bits per heavy atom. The number of hydrogen-bond acceptors (Lipinski definition) is 1. The van der Waals surface area contributed by atoms with Crippen LogP contribution in [0.25, 0.3) is 0 Å². The van der Waals surface area contributed by atoms with Gasteiger partial charge in [-0.3, -0.25) is 4.79 Å². The van der Waals surface area contributed by atoms with Crippen molar-refractivity contribution in [1.29, 1.82) is 0 Å². The summed E-state index contributed by atoms with van der Waals surface area (Å²) in [4.78, 5) is 11.4. The molecule has 0 spiro atoms. The predicted octanol–water partition coefficient (Wildman–Crippen LogP) is 1.80. The number of amides is 1. The number of nitrogens with one attached hydrogen (secondary N) is 1. The molecule has 2 nitrogen and oxygen atoms in total. The van der Waals surface area contributed by atoms with Crippen molar-refractivity contribution in [1.82, 2.24) is 5.32 Å². The van der Waals surface area contributed by atoms with Crippen LogP contribution in [0.5, 0.6) is 0 Å². The first-order valence-electron chi connectivity index (χ1n) is 4.57. The van der Waals surface area contributed by atoms with Gasteiger partial charge in [-0.05, 0) is 10.8 Å². The van der Waals surface area contributed by atoms with Crippen LogP contribution in [0.15, 0.2) is 0 Å². The van der Waals surface area contributed by atoms with Crippen molar-refractivity contribution in [2.45, 2.75) is 34.6 Å². The second-order valence-corrected chi connectivity index (χ2v) is 5.05. The van der Waals surface area contributed by atoms with Crippen LogP contribution in [0.3, 0.4) is 0 Å². The van der Waals surface area contributed by atoms with E-state index in [4.69, 9.17) is 0 Å². The quantitative estimate of drug-likeness (QED) is 0.588. The number of carbonyl (C=O) groups excluding carboxylic acids is 1. The van der Waals surface area contributed by atoms with Crippen LogP contribution in [0.2, 0.25) is 0 Å². The summed E-state index contributed by atoms with van der Waals surface area (Å²) >= 11 is 0. The third-order valence-corrected chi connectivity index (χ3v) is 3.92. The molecule has 1 unspecified atom stereocenters. The van der Waals surface area contributed by atoms with E-state index in [1.807, 2.05) is 6.92 Å². The smallest absolute Gasteiger partial charge is 0.223 e. The van der Waals surface area contributed by atoms with Crippen LogP contribution in [0.4, 0.5) is 0 Å². The molecule has 1 N–H and O–H groups in total. The monoisotopic (exact) mass is 169 g/mol. The molecule has 0 radical (unpaired) electrons. The largest absolute Gasteiger partial charge is 0.355 e. The Balaban J connectivity index is 2.96. The van der Waals surface area contributed by atoms with E-state index in [2.05, 4.69) is 33.0 Å². The van der Waals surface area contributed by atoms with E-state index >= 15 is 0 Å². The molecule has 1 heterocycles. The maximum atomic E-state index is 11.4. The highest BCUT2D eigenvalue weighted by atomic mass is 16.2. The normalized spacial score (nSPS) is 32.8. The molecule has 0 aromatic carbocycles. The van der Waals surface area contributed by atoms with Gasteiger partial charge in [-0.15, -0.1) is 0 Å². The first-order chi connectivity index (χ1) is 5.29. The van der Waals surface area contributed by atoms with Crippen molar-refractivity contribution in [2.24, 2.45) is 16.7 Å². The lowest BCUT2D eigenvalue weighted by molar-refractivity contribution is -0.137. The van der Waals surface area contributed by atoms with Gasteiger partial charge in [-0.1, -0.05) is 34.6 Å². The van der Waals surface area contributed by atoms with E-state index in [9.17, 15) is 4.79 Å². The SMILES string of the molecule is CC1C(=O)NCC(C)(C)C1(C)C. The van der Waals surface area contributed by atoms with Crippen molar-refractivity contribution in [2.75, 3.05) is 6.54 Å². The van der Waals surface area contributed by atoms with Gasteiger partial charge in [0.1, 0.15) is 0 Å². The van der Waals surface area contributed by atoms with Gasteiger partial charge in [0, 0.05) is 12.5 Å². The van der Waals surface area contributed by atoms with E-state index in [0.717, 1.165) is 6.54 Å².